The molecule has 0 aliphatic carbocycles. The number of nitrogens with zero attached hydrogens (tertiary/aromatic N) is 1. The van der Waals surface area contributed by atoms with Crippen LogP contribution in [-0.4, -0.2) is 42.9 Å². The zero-order valence-corrected chi connectivity index (χ0v) is 17.9. The molecule has 0 saturated carbocycles. The number of amides is 1. The van der Waals surface area contributed by atoms with Crippen LogP contribution in [0.2, 0.25) is 0 Å². The van der Waals surface area contributed by atoms with Gasteiger partial charge in [0.1, 0.15) is 12.4 Å². The third-order valence-corrected chi connectivity index (χ3v) is 5.10. The molecule has 2 heterocycles. The van der Waals surface area contributed by atoms with Gasteiger partial charge in [-0.3, -0.25) is 4.79 Å². The minimum absolute atomic E-state index is 0.0742. The molecule has 2 aromatic rings. The van der Waals surface area contributed by atoms with E-state index in [9.17, 15) is 4.79 Å². The molecule has 1 aliphatic rings. The van der Waals surface area contributed by atoms with Gasteiger partial charge in [-0.2, -0.15) is 0 Å². The van der Waals surface area contributed by atoms with Crippen LogP contribution in [0.3, 0.4) is 0 Å². The Kier molecular flexibility index (Phi) is 9.70. The third-order valence-electron chi connectivity index (χ3n) is 4.00. The number of carbonyl (C=O) groups is 1. The first-order valence-corrected chi connectivity index (χ1v) is 10.4. The number of pyridine rings is 1. The van der Waals surface area contributed by atoms with Gasteiger partial charge in [0.05, 0.1) is 31.0 Å². The summed E-state index contributed by atoms with van der Waals surface area (Å²) in [5.74, 6) is 1.47. The zero-order chi connectivity index (χ0) is 21.1. The van der Waals surface area contributed by atoms with Gasteiger partial charge in [-0.25, -0.2) is 4.98 Å². The summed E-state index contributed by atoms with van der Waals surface area (Å²) in [4.78, 5) is 16.3. The van der Waals surface area contributed by atoms with Crippen molar-refractivity contribution in [2.45, 2.75) is 20.8 Å². The fourth-order valence-corrected chi connectivity index (χ4v) is 3.17. The smallest absolute Gasteiger partial charge is 0.211 e. The first-order valence-electron chi connectivity index (χ1n) is 9.53. The van der Waals surface area contributed by atoms with Crippen LogP contribution in [0.25, 0.3) is 15.8 Å². The second kappa shape index (κ2) is 12.3. The molecular weight excluding hydrogens is 388 g/mol. The molecule has 2 N–H and O–H groups in total. The second-order valence-electron chi connectivity index (χ2n) is 6.45. The lowest BCUT2D eigenvalue weighted by Gasteiger charge is -2.20. The Labute approximate surface area is 176 Å². The van der Waals surface area contributed by atoms with Crippen LogP contribution in [0.5, 0.6) is 5.75 Å². The van der Waals surface area contributed by atoms with Gasteiger partial charge < -0.3 is 19.9 Å². The molecule has 1 aliphatic heterocycles. The topological polar surface area (TPSA) is 80.7 Å². The van der Waals surface area contributed by atoms with Gasteiger partial charge in [-0.05, 0) is 37.5 Å². The van der Waals surface area contributed by atoms with E-state index in [2.05, 4.69) is 17.2 Å². The molecule has 6 nitrogen and oxygen atoms in total. The maximum absolute atomic E-state index is 10.6. The largest absolute Gasteiger partial charge is 0.490 e. The number of fused-ring (bicyclic) bond motifs is 1. The van der Waals surface area contributed by atoms with Crippen LogP contribution >= 0.6 is 11.8 Å². The van der Waals surface area contributed by atoms with E-state index < -0.39 is 0 Å². The predicted molar refractivity (Wildman–Crippen MR) is 120 cm³/mol. The van der Waals surface area contributed by atoms with Crippen LogP contribution in [-0.2, 0) is 9.53 Å². The fourth-order valence-electron chi connectivity index (χ4n) is 2.53. The number of benzene rings is 1. The van der Waals surface area contributed by atoms with Gasteiger partial charge in [-0.15, -0.1) is 0 Å². The van der Waals surface area contributed by atoms with Crippen molar-refractivity contribution in [1.82, 2.24) is 4.98 Å². The van der Waals surface area contributed by atoms with E-state index in [0.717, 1.165) is 40.6 Å². The van der Waals surface area contributed by atoms with Crippen molar-refractivity contribution in [3.05, 3.63) is 47.5 Å². The zero-order valence-electron chi connectivity index (χ0n) is 17.1. The Morgan fingerprint density at radius 3 is 2.69 bits per heavy atom. The summed E-state index contributed by atoms with van der Waals surface area (Å²) in [6.45, 7) is 8.20. The van der Waals surface area contributed by atoms with Crippen LogP contribution in [0.1, 0.15) is 26.5 Å². The number of nitrogens with one attached hydrogen (secondary N) is 1. The number of thioether (sulfide) groups is 1. The number of carbonyl (C=O) groups excluding carboxylic acids is 1. The molecular formula is C22H28N2O4S. The van der Waals surface area contributed by atoms with E-state index in [4.69, 9.17) is 14.6 Å². The SMILES string of the molecule is C/C=C\S/C(=C\C)c1cc(OCCO)c2cc(NC=O)ccc2n1.CC1COC1. The summed E-state index contributed by atoms with van der Waals surface area (Å²) in [6, 6.07) is 7.29. The summed E-state index contributed by atoms with van der Waals surface area (Å²) >= 11 is 1.58. The molecule has 1 aromatic heterocycles. The molecule has 0 bridgehead atoms. The van der Waals surface area contributed by atoms with Crippen molar-refractivity contribution in [2.24, 2.45) is 5.92 Å². The molecule has 1 aromatic carbocycles. The van der Waals surface area contributed by atoms with Crippen LogP contribution in [0, 0.1) is 5.92 Å². The van der Waals surface area contributed by atoms with E-state index in [1.807, 2.05) is 49.6 Å². The number of hydrogen-bond donors (Lipinski definition) is 2. The van der Waals surface area contributed by atoms with Crippen molar-refractivity contribution in [1.29, 1.82) is 0 Å². The highest BCUT2D eigenvalue weighted by Crippen LogP contribution is 2.34. The molecule has 1 amide bonds. The number of rotatable bonds is 8. The molecule has 0 spiro atoms. The molecule has 1 fully saturated rings. The van der Waals surface area contributed by atoms with Gasteiger partial charge in [0.2, 0.25) is 6.41 Å². The van der Waals surface area contributed by atoms with E-state index in [-0.39, 0.29) is 13.2 Å². The van der Waals surface area contributed by atoms with Crippen LogP contribution in [0.15, 0.2) is 41.8 Å². The van der Waals surface area contributed by atoms with Gasteiger partial charge in [0, 0.05) is 28.0 Å². The van der Waals surface area contributed by atoms with Crippen molar-refractivity contribution in [3.8, 4) is 5.75 Å². The Morgan fingerprint density at radius 1 is 1.38 bits per heavy atom. The number of ether oxygens (including phenoxy) is 2. The Morgan fingerprint density at radius 2 is 2.14 bits per heavy atom. The Bertz CT molecular complexity index is 863. The molecule has 1 saturated heterocycles. The monoisotopic (exact) mass is 416 g/mol. The summed E-state index contributed by atoms with van der Waals surface area (Å²) < 4.78 is 10.5. The van der Waals surface area contributed by atoms with Crippen molar-refractivity contribution in [3.63, 3.8) is 0 Å². The highest BCUT2D eigenvalue weighted by molar-refractivity contribution is 8.10. The fraction of sp³-hybridized carbons (Fsp3) is 0.364. The number of aromatic nitrogens is 1. The molecule has 0 unspecified atom stereocenters. The Hall–Kier alpha value is -2.35. The first-order chi connectivity index (χ1) is 14.1. The average molecular weight is 417 g/mol. The van der Waals surface area contributed by atoms with Gasteiger partial charge in [0.25, 0.3) is 0 Å². The normalized spacial score (nSPS) is 14.3. The lowest BCUT2D eigenvalue weighted by molar-refractivity contribution is -0.105. The number of allylic oxidation sites excluding steroid dienone is 2. The molecule has 3 rings (SSSR count). The minimum atomic E-state index is -0.0742. The molecule has 7 heteroatoms. The van der Waals surface area contributed by atoms with Gasteiger partial charge in [0.15, 0.2) is 0 Å². The summed E-state index contributed by atoms with van der Waals surface area (Å²) in [5.41, 5.74) is 2.23. The van der Waals surface area contributed by atoms with Crippen LogP contribution < -0.4 is 10.1 Å². The number of anilines is 1. The van der Waals surface area contributed by atoms with E-state index in [1.54, 1.807) is 17.8 Å². The lowest BCUT2D eigenvalue weighted by Crippen LogP contribution is -2.23. The second-order valence-corrected chi connectivity index (χ2v) is 7.40. The quantitative estimate of drug-likeness (QED) is 0.619. The third kappa shape index (κ3) is 6.88. The summed E-state index contributed by atoms with van der Waals surface area (Å²) in [7, 11) is 0. The highest BCUT2D eigenvalue weighted by Gasteiger charge is 2.11. The average Bonchev–Trinajstić information content (AvgIpc) is 2.72. The molecule has 29 heavy (non-hydrogen) atoms. The van der Waals surface area contributed by atoms with E-state index >= 15 is 0 Å². The summed E-state index contributed by atoms with van der Waals surface area (Å²) in [6.07, 6.45) is 4.59. The first kappa shape index (κ1) is 22.9. The summed E-state index contributed by atoms with van der Waals surface area (Å²) in [5, 5.41) is 14.5. The molecule has 156 valence electrons. The molecule has 0 atom stereocenters. The Balaban J connectivity index is 0.000000521. The standard InChI is InChI=1S/C18H20N2O3S.C4H8O/c1-3-9-24-18(4-2)16-11-17(23-8-7-21)14-10-13(19-12-22)5-6-15(14)20-16;1-4-2-5-3-4/h3-6,9-12,21H,7-8H2,1-2H3,(H,19,22);4H,2-3H2,1H3/b9-3-,18-4-;. The van der Waals surface area contributed by atoms with Crippen molar-refractivity contribution < 1.29 is 19.4 Å². The van der Waals surface area contributed by atoms with Crippen LogP contribution in [0.4, 0.5) is 5.69 Å². The van der Waals surface area contributed by atoms with Crippen molar-refractivity contribution in [2.75, 3.05) is 31.7 Å². The maximum atomic E-state index is 10.6. The minimum Gasteiger partial charge on any atom is -0.490 e. The number of aliphatic hydroxyl groups is 1. The van der Waals surface area contributed by atoms with Crippen molar-refractivity contribution >= 4 is 39.7 Å². The van der Waals surface area contributed by atoms with Gasteiger partial charge >= 0.3 is 0 Å². The predicted octanol–water partition coefficient (Wildman–Crippen LogP) is 4.45. The maximum Gasteiger partial charge on any atom is 0.211 e. The molecule has 0 radical (unpaired) electrons. The van der Waals surface area contributed by atoms with Gasteiger partial charge in [-0.1, -0.05) is 30.8 Å². The van der Waals surface area contributed by atoms with E-state index in [1.165, 1.54) is 0 Å². The number of hydrogen-bond acceptors (Lipinski definition) is 6. The number of aliphatic hydroxyl groups excluding tert-OH is 1. The highest BCUT2D eigenvalue weighted by atomic mass is 32.2. The van der Waals surface area contributed by atoms with E-state index in [0.29, 0.717) is 17.8 Å². The lowest BCUT2D eigenvalue weighted by atomic mass is 10.1.